The zero-order chi connectivity index (χ0) is 10.7. The minimum Gasteiger partial charge on any atom is -0.330 e. The summed E-state index contributed by atoms with van der Waals surface area (Å²) in [6, 6.07) is 10.3. The van der Waals surface area contributed by atoms with Crippen LogP contribution in [0.5, 0.6) is 0 Å². The van der Waals surface area contributed by atoms with Gasteiger partial charge in [-0.15, -0.1) is 0 Å². The van der Waals surface area contributed by atoms with Crippen LogP contribution in [-0.4, -0.2) is 16.3 Å². The van der Waals surface area contributed by atoms with Gasteiger partial charge in [0.25, 0.3) is 0 Å². The fourth-order valence-electron chi connectivity index (χ4n) is 1.65. The molecule has 0 amide bonds. The largest absolute Gasteiger partial charge is 0.330 e. The van der Waals surface area contributed by atoms with Crippen molar-refractivity contribution in [2.75, 3.05) is 6.54 Å². The van der Waals surface area contributed by atoms with E-state index in [9.17, 15) is 0 Å². The van der Waals surface area contributed by atoms with Gasteiger partial charge < -0.3 is 5.73 Å². The summed E-state index contributed by atoms with van der Waals surface area (Å²) in [5.74, 6) is 0. The lowest BCUT2D eigenvalue weighted by molar-refractivity contribution is 0.842. The molecule has 0 saturated heterocycles. The Hall–Kier alpha value is -1.61. The molecule has 0 aliphatic heterocycles. The third kappa shape index (κ3) is 2.07. The van der Waals surface area contributed by atoms with E-state index in [1.807, 2.05) is 29.9 Å². The van der Waals surface area contributed by atoms with Gasteiger partial charge in [0.05, 0.1) is 5.69 Å². The highest BCUT2D eigenvalue weighted by molar-refractivity contribution is 5.36. The fraction of sp³-hybridized carbons (Fsp3) is 0.250. The van der Waals surface area contributed by atoms with Crippen molar-refractivity contribution in [3.8, 4) is 5.69 Å². The average molecular weight is 201 g/mol. The molecule has 0 bridgehead atoms. The van der Waals surface area contributed by atoms with Crippen LogP contribution in [0.2, 0.25) is 0 Å². The molecule has 0 fully saturated rings. The predicted molar refractivity (Wildman–Crippen MR) is 61.1 cm³/mol. The molecule has 0 aliphatic rings. The number of aromatic nitrogens is 2. The lowest BCUT2D eigenvalue weighted by Crippen LogP contribution is -2.04. The summed E-state index contributed by atoms with van der Waals surface area (Å²) < 4.78 is 1.93. The fourth-order valence-corrected chi connectivity index (χ4v) is 1.65. The number of rotatable bonds is 3. The van der Waals surface area contributed by atoms with E-state index in [0.717, 1.165) is 17.8 Å². The molecule has 15 heavy (non-hydrogen) atoms. The Labute approximate surface area is 89.5 Å². The van der Waals surface area contributed by atoms with Crippen molar-refractivity contribution in [3.63, 3.8) is 0 Å². The lowest BCUT2D eigenvalue weighted by Gasteiger charge is -2.06. The maximum absolute atomic E-state index is 5.54. The highest BCUT2D eigenvalue weighted by Crippen LogP contribution is 2.12. The molecule has 2 aromatic rings. The molecular weight excluding hydrogens is 186 g/mol. The van der Waals surface area contributed by atoms with Gasteiger partial charge >= 0.3 is 0 Å². The summed E-state index contributed by atoms with van der Waals surface area (Å²) in [6.45, 7) is 2.73. The second kappa shape index (κ2) is 4.28. The van der Waals surface area contributed by atoms with Crippen molar-refractivity contribution in [3.05, 3.63) is 47.8 Å². The Balaban J connectivity index is 2.37. The summed E-state index contributed by atoms with van der Waals surface area (Å²) in [6.07, 6.45) is 2.72. The summed E-state index contributed by atoms with van der Waals surface area (Å²) in [5, 5.41) is 4.27. The molecule has 2 rings (SSSR count). The number of hydrogen-bond acceptors (Lipinski definition) is 2. The van der Waals surface area contributed by atoms with Crippen LogP contribution in [0.15, 0.2) is 36.5 Å². The molecule has 1 heterocycles. The summed E-state index contributed by atoms with van der Waals surface area (Å²) >= 11 is 0. The quantitative estimate of drug-likeness (QED) is 0.821. The van der Waals surface area contributed by atoms with E-state index in [1.165, 1.54) is 5.56 Å². The van der Waals surface area contributed by atoms with Gasteiger partial charge in [0, 0.05) is 11.9 Å². The molecule has 0 unspecified atom stereocenters. The van der Waals surface area contributed by atoms with E-state index in [2.05, 4.69) is 23.3 Å². The van der Waals surface area contributed by atoms with Gasteiger partial charge in [0.1, 0.15) is 0 Å². The first-order valence-electron chi connectivity index (χ1n) is 5.11. The number of nitrogens with zero attached hydrogens (tertiary/aromatic N) is 2. The number of aryl methyl sites for hydroxylation is 1. The molecule has 0 radical (unpaired) electrons. The normalized spacial score (nSPS) is 10.5. The van der Waals surface area contributed by atoms with Crippen molar-refractivity contribution in [2.24, 2.45) is 5.73 Å². The SMILES string of the molecule is Cc1ccnn1-c1cccc(CCN)c1. The molecule has 1 aromatic heterocycles. The summed E-state index contributed by atoms with van der Waals surface area (Å²) in [5.41, 5.74) is 9.03. The Morgan fingerprint density at radius 3 is 2.87 bits per heavy atom. The van der Waals surface area contributed by atoms with E-state index < -0.39 is 0 Å². The smallest absolute Gasteiger partial charge is 0.0651 e. The Morgan fingerprint density at radius 1 is 1.33 bits per heavy atom. The minimum atomic E-state index is 0.682. The van der Waals surface area contributed by atoms with E-state index in [-0.39, 0.29) is 0 Å². The van der Waals surface area contributed by atoms with Crippen LogP contribution in [0, 0.1) is 6.92 Å². The summed E-state index contributed by atoms with van der Waals surface area (Å²) in [7, 11) is 0. The molecule has 2 N–H and O–H groups in total. The average Bonchev–Trinajstić information content (AvgIpc) is 2.65. The first kappa shape index (κ1) is 9.93. The van der Waals surface area contributed by atoms with Crippen LogP contribution in [0.4, 0.5) is 0 Å². The van der Waals surface area contributed by atoms with Gasteiger partial charge in [-0.1, -0.05) is 12.1 Å². The zero-order valence-electron chi connectivity index (χ0n) is 8.85. The first-order chi connectivity index (χ1) is 7.31. The monoisotopic (exact) mass is 201 g/mol. The van der Waals surface area contributed by atoms with Crippen molar-refractivity contribution < 1.29 is 0 Å². The van der Waals surface area contributed by atoms with Gasteiger partial charge in [-0.2, -0.15) is 5.10 Å². The molecule has 0 saturated carbocycles. The van der Waals surface area contributed by atoms with Crippen molar-refractivity contribution in [1.29, 1.82) is 0 Å². The highest BCUT2D eigenvalue weighted by atomic mass is 15.3. The molecular formula is C12H15N3. The van der Waals surface area contributed by atoms with Gasteiger partial charge in [-0.25, -0.2) is 4.68 Å². The zero-order valence-corrected chi connectivity index (χ0v) is 8.85. The predicted octanol–water partition coefficient (Wildman–Crippen LogP) is 1.68. The molecule has 3 nitrogen and oxygen atoms in total. The lowest BCUT2D eigenvalue weighted by atomic mass is 10.1. The highest BCUT2D eigenvalue weighted by Gasteiger charge is 2.01. The van der Waals surface area contributed by atoms with Gasteiger partial charge in [0.2, 0.25) is 0 Å². The van der Waals surface area contributed by atoms with Crippen LogP contribution in [0.1, 0.15) is 11.3 Å². The van der Waals surface area contributed by atoms with E-state index in [1.54, 1.807) is 0 Å². The molecule has 0 spiro atoms. The second-order valence-corrected chi connectivity index (χ2v) is 3.59. The Morgan fingerprint density at radius 2 is 2.20 bits per heavy atom. The number of nitrogens with two attached hydrogens (primary N) is 1. The minimum absolute atomic E-state index is 0.682. The van der Waals surface area contributed by atoms with Gasteiger partial charge in [-0.3, -0.25) is 0 Å². The third-order valence-electron chi connectivity index (χ3n) is 2.42. The van der Waals surface area contributed by atoms with Crippen LogP contribution in [-0.2, 0) is 6.42 Å². The number of hydrogen-bond donors (Lipinski definition) is 1. The van der Waals surface area contributed by atoms with Crippen LogP contribution < -0.4 is 5.73 Å². The molecule has 0 atom stereocenters. The van der Waals surface area contributed by atoms with Crippen molar-refractivity contribution >= 4 is 0 Å². The van der Waals surface area contributed by atoms with E-state index in [4.69, 9.17) is 5.73 Å². The summed E-state index contributed by atoms with van der Waals surface area (Å²) in [4.78, 5) is 0. The maximum Gasteiger partial charge on any atom is 0.0651 e. The van der Waals surface area contributed by atoms with E-state index >= 15 is 0 Å². The topological polar surface area (TPSA) is 43.8 Å². The Kier molecular flexibility index (Phi) is 2.83. The van der Waals surface area contributed by atoms with Crippen molar-refractivity contribution in [2.45, 2.75) is 13.3 Å². The molecule has 3 heteroatoms. The standard InChI is InChI=1S/C12H15N3/c1-10-6-8-14-15(10)12-4-2-3-11(9-12)5-7-13/h2-4,6,8-9H,5,7,13H2,1H3. The van der Waals surface area contributed by atoms with Gasteiger partial charge in [-0.05, 0) is 43.7 Å². The molecule has 78 valence electrons. The first-order valence-corrected chi connectivity index (χ1v) is 5.11. The van der Waals surface area contributed by atoms with E-state index in [0.29, 0.717) is 6.54 Å². The van der Waals surface area contributed by atoms with Crippen LogP contribution in [0.25, 0.3) is 5.69 Å². The maximum atomic E-state index is 5.54. The van der Waals surface area contributed by atoms with Crippen LogP contribution >= 0.6 is 0 Å². The number of benzene rings is 1. The Bertz CT molecular complexity index is 446. The third-order valence-corrected chi connectivity index (χ3v) is 2.42. The molecule has 0 aliphatic carbocycles. The second-order valence-electron chi connectivity index (χ2n) is 3.59. The molecule has 1 aromatic carbocycles. The van der Waals surface area contributed by atoms with Crippen molar-refractivity contribution in [1.82, 2.24) is 9.78 Å². The van der Waals surface area contributed by atoms with Gasteiger partial charge in [0.15, 0.2) is 0 Å². The van der Waals surface area contributed by atoms with Crippen LogP contribution in [0.3, 0.4) is 0 Å².